The lowest BCUT2D eigenvalue weighted by Crippen LogP contribution is -2.46. The van der Waals surface area contributed by atoms with Crippen LogP contribution in [0.15, 0.2) is 16.9 Å². The summed E-state index contributed by atoms with van der Waals surface area (Å²) in [6.07, 6.45) is 10.1. The van der Waals surface area contributed by atoms with Crippen molar-refractivity contribution in [2.45, 2.75) is 63.6 Å². The molecule has 7 heteroatoms. The first-order valence-electron chi connectivity index (χ1n) is 10.7. The minimum absolute atomic E-state index is 0.566. The molecule has 150 valence electrons. The fourth-order valence-electron chi connectivity index (χ4n) is 4.73. The van der Waals surface area contributed by atoms with Crippen LogP contribution in [0.2, 0.25) is 0 Å². The summed E-state index contributed by atoms with van der Waals surface area (Å²) in [6, 6.07) is 3.36. The van der Waals surface area contributed by atoms with Crippen molar-refractivity contribution in [3.05, 3.63) is 29.4 Å². The van der Waals surface area contributed by atoms with Crippen LogP contribution in [0.1, 0.15) is 49.1 Å². The molecule has 0 amide bonds. The van der Waals surface area contributed by atoms with Gasteiger partial charge in [0.1, 0.15) is 29.4 Å². The monoisotopic (exact) mass is 382 g/mol. The quantitative estimate of drug-likeness (QED) is 0.761. The number of rotatable bonds is 6. The standard InChI is InChI=1S/C21H30N6O/c1-25(2)20-12-21(23-14-22-20)27(15-6-7-15)16-8-10-26(11-9-16)13-18-17-4-3-5-19(17)28-24-18/h12,14-16H,3-11,13H2,1-2H3. The van der Waals surface area contributed by atoms with Crippen molar-refractivity contribution in [2.24, 2.45) is 0 Å². The van der Waals surface area contributed by atoms with Crippen LogP contribution in [0.3, 0.4) is 0 Å². The number of anilines is 2. The molecule has 0 N–H and O–H groups in total. The van der Waals surface area contributed by atoms with Crippen molar-refractivity contribution in [3.63, 3.8) is 0 Å². The van der Waals surface area contributed by atoms with Gasteiger partial charge in [0.25, 0.3) is 0 Å². The van der Waals surface area contributed by atoms with Gasteiger partial charge in [0.05, 0.1) is 0 Å². The molecule has 0 atom stereocenters. The fourth-order valence-corrected chi connectivity index (χ4v) is 4.73. The number of nitrogens with zero attached hydrogens (tertiary/aromatic N) is 6. The van der Waals surface area contributed by atoms with Gasteiger partial charge in [-0.1, -0.05) is 5.16 Å². The molecule has 0 radical (unpaired) electrons. The Labute approximate surface area is 166 Å². The first-order valence-corrected chi connectivity index (χ1v) is 10.7. The van der Waals surface area contributed by atoms with Gasteiger partial charge < -0.3 is 14.3 Å². The zero-order chi connectivity index (χ0) is 19.1. The third kappa shape index (κ3) is 3.48. The van der Waals surface area contributed by atoms with E-state index in [0.29, 0.717) is 12.1 Å². The minimum Gasteiger partial charge on any atom is -0.363 e. The Morgan fingerprint density at radius 1 is 1.04 bits per heavy atom. The van der Waals surface area contributed by atoms with Crippen LogP contribution in [-0.4, -0.2) is 59.3 Å². The molecule has 3 aliphatic rings. The van der Waals surface area contributed by atoms with E-state index in [1.54, 1.807) is 6.33 Å². The molecule has 1 saturated carbocycles. The Hall–Kier alpha value is -2.15. The van der Waals surface area contributed by atoms with Crippen LogP contribution in [0, 0.1) is 0 Å². The molecule has 1 saturated heterocycles. The van der Waals surface area contributed by atoms with Gasteiger partial charge in [-0.2, -0.15) is 0 Å². The minimum atomic E-state index is 0.566. The summed E-state index contributed by atoms with van der Waals surface area (Å²) < 4.78 is 5.53. The molecule has 0 unspecified atom stereocenters. The summed E-state index contributed by atoms with van der Waals surface area (Å²) in [5.41, 5.74) is 2.57. The molecule has 7 nitrogen and oxygen atoms in total. The van der Waals surface area contributed by atoms with Gasteiger partial charge in [-0.25, -0.2) is 9.97 Å². The summed E-state index contributed by atoms with van der Waals surface area (Å²) in [6.45, 7) is 3.16. The lowest BCUT2D eigenvalue weighted by atomic mass is 10.0. The van der Waals surface area contributed by atoms with E-state index in [2.05, 4.69) is 35.9 Å². The Balaban J connectivity index is 1.25. The third-order valence-electron chi connectivity index (χ3n) is 6.41. The first-order chi connectivity index (χ1) is 13.7. The average Bonchev–Trinajstić information content (AvgIpc) is 3.29. The number of piperidine rings is 1. The van der Waals surface area contributed by atoms with Crippen molar-refractivity contribution >= 4 is 11.6 Å². The zero-order valence-electron chi connectivity index (χ0n) is 17.0. The maximum Gasteiger partial charge on any atom is 0.140 e. The average molecular weight is 383 g/mol. The highest BCUT2D eigenvalue weighted by Crippen LogP contribution is 2.36. The highest BCUT2D eigenvalue weighted by atomic mass is 16.5. The molecule has 2 fully saturated rings. The van der Waals surface area contributed by atoms with E-state index in [1.807, 2.05) is 14.1 Å². The molecule has 2 aromatic rings. The molecule has 0 bridgehead atoms. The largest absolute Gasteiger partial charge is 0.363 e. The van der Waals surface area contributed by atoms with E-state index in [-0.39, 0.29) is 0 Å². The molecule has 1 aliphatic heterocycles. The molecule has 0 aromatic carbocycles. The van der Waals surface area contributed by atoms with Crippen LogP contribution in [0.25, 0.3) is 0 Å². The number of likely N-dealkylation sites (tertiary alicyclic amines) is 1. The molecule has 2 aliphatic carbocycles. The number of hydrogen-bond acceptors (Lipinski definition) is 7. The van der Waals surface area contributed by atoms with E-state index < -0.39 is 0 Å². The smallest absolute Gasteiger partial charge is 0.140 e. The van der Waals surface area contributed by atoms with Gasteiger partial charge in [-0.05, 0) is 38.5 Å². The zero-order valence-corrected chi connectivity index (χ0v) is 17.0. The fraction of sp³-hybridized carbons (Fsp3) is 0.667. The van der Waals surface area contributed by atoms with Gasteiger partial charge in [-0.3, -0.25) is 4.90 Å². The van der Waals surface area contributed by atoms with E-state index in [1.165, 1.54) is 43.4 Å². The second-order valence-electron chi connectivity index (χ2n) is 8.66. The highest BCUT2D eigenvalue weighted by Gasteiger charge is 2.37. The highest BCUT2D eigenvalue weighted by molar-refractivity contribution is 5.51. The SMILES string of the molecule is CN(C)c1cc(N(C2CC2)C2CCN(Cc3noc4c3CCC4)CC2)ncn1. The Morgan fingerprint density at radius 3 is 2.54 bits per heavy atom. The predicted molar refractivity (Wildman–Crippen MR) is 109 cm³/mol. The van der Waals surface area contributed by atoms with E-state index in [4.69, 9.17) is 4.52 Å². The van der Waals surface area contributed by atoms with Crippen molar-refractivity contribution in [2.75, 3.05) is 37.0 Å². The van der Waals surface area contributed by atoms with Crippen molar-refractivity contribution in [1.82, 2.24) is 20.0 Å². The molecule has 28 heavy (non-hydrogen) atoms. The van der Waals surface area contributed by atoms with Crippen molar-refractivity contribution in [3.8, 4) is 0 Å². The van der Waals surface area contributed by atoms with Gasteiger partial charge in [-0.15, -0.1) is 0 Å². The molecule has 0 spiro atoms. The maximum absolute atomic E-state index is 5.53. The summed E-state index contributed by atoms with van der Waals surface area (Å²) in [5.74, 6) is 3.20. The van der Waals surface area contributed by atoms with Crippen molar-refractivity contribution in [1.29, 1.82) is 0 Å². The van der Waals surface area contributed by atoms with Crippen LogP contribution < -0.4 is 9.80 Å². The lowest BCUT2D eigenvalue weighted by Gasteiger charge is -2.39. The van der Waals surface area contributed by atoms with E-state index in [9.17, 15) is 0 Å². The van der Waals surface area contributed by atoms with E-state index >= 15 is 0 Å². The number of aryl methyl sites for hydroxylation is 1. The van der Waals surface area contributed by atoms with Crippen LogP contribution >= 0.6 is 0 Å². The number of aromatic nitrogens is 3. The second kappa shape index (κ2) is 7.35. The second-order valence-corrected chi connectivity index (χ2v) is 8.66. The van der Waals surface area contributed by atoms with Gasteiger partial charge >= 0.3 is 0 Å². The maximum atomic E-state index is 5.53. The molecular weight excluding hydrogens is 352 g/mol. The van der Waals surface area contributed by atoms with Gasteiger partial charge in [0.2, 0.25) is 0 Å². The normalized spacial score (nSPS) is 20.4. The van der Waals surface area contributed by atoms with E-state index in [0.717, 1.165) is 49.9 Å². The molecule has 2 aromatic heterocycles. The van der Waals surface area contributed by atoms with Crippen LogP contribution in [0.5, 0.6) is 0 Å². The number of hydrogen-bond donors (Lipinski definition) is 0. The topological polar surface area (TPSA) is 61.5 Å². The molecule has 3 heterocycles. The van der Waals surface area contributed by atoms with Gasteiger partial charge in [0.15, 0.2) is 0 Å². The number of fused-ring (bicyclic) bond motifs is 1. The first kappa shape index (κ1) is 17.9. The Bertz CT molecular complexity index is 822. The summed E-state index contributed by atoms with van der Waals surface area (Å²) in [7, 11) is 4.07. The predicted octanol–water partition coefficient (Wildman–Crippen LogP) is 2.65. The van der Waals surface area contributed by atoms with Gasteiger partial charge in [0, 0.05) is 63.9 Å². The summed E-state index contributed by atoms with van der Waals surface area (Å²) >= 11 is 0. The lowest BCUT2D eigenvalue weighted by molar-refractivity contribution is 0.195. The summed E-state index contributed by atoms with van der Waals surface area (Å²) in [4.78, 5) is 16.2. The molecular formula is C21H30N6O. The molecule has 5 rings (SSSR count). The summed E-state index contributed by atoms with van der Waals surface area (Å²) in [5, 5.41) is 4.35. The van der Waals surface area contributed by atoms with Crippen LogP contribution in [0.4, 0.5) is 11.6 Å². The van der Waals surface area contributed by atoms with Crippen molar-refractivity contribution < 1.29 is 4.52 Å². The van der Waals surface area contributed by atoms with Crippen LogP contribution in [-0.2, 0) is 19.4 Å². The Kier molecular flexibility index (Phi) is 4.70. The Morgan fingerprint density at radius 2 is 1.79 bits per heavy atom. The third-order valence-corrected chi connectivity index (χ3v) is 6.41.